The number of halogens is 4. The lowest BCUT2D eigenvalue weighted by Crippen LogP contribution is -2.43. The Morgan fingerprint density at radius 1 is 0.897 bits per heavy atom. The zero-order valence-corrected chi connectivity index (χ0v) is 21.6. The Balaban J connectivity index is 1.42. The summed E-state index contributed by atoms with van der Waals surface area (Å²) in [6.45, 7) is 3.79. The number of likely N-dealkylation sites (tertiary alicyclic amines) is 2. The van der Waals surface area contributed by atoms with Crippen molar-refractivity contribution in [3.63, 3.8) is 0 Å². The van der Waals surface area contributed by atoms with Crippen LogP contribution in [0.3, 0.4) is 0 Å². The first-order valence-corrected chi connectivity index (χ1v) is 12.7. The minimum atomic E-state index is -4.23. The number of aryl methyl sites for hydroxylation is 1. The second kappa shape index (κ2) is 11.2. The average Bonchev–Trinajstić information content (AvgIpc) is 3.48. The quantitative estimate of drug-likeness (QED) is 0.500. The van der Waals surface area contributed by atoms with Crippen LogP contribution in [0.15, 0.2) is 36.4 Å². The number of nitrogens with zero attached hydrogens (tertiary/aromatic N) is 2. The summed E-state index contributed by atoms with van der Waals surface area (Å²) in [6.07, 6.45) is 0.604. The number of fused-ring (bicyclic) bond motifs is 1. The maximum absolute atomic E-state index is 15.3. The van der Waals surface area contributed by atoms with E-state index in [1.54, 1.807) is 11.8 Å². The van der Waals surface area contributed by atoms with Gasteiger partial charge in [-0.15, -0.1) is 0 Å². The Hall–Kier alpha value is -3.76. The van der Waals surface area contributed by atoms with E-state index in [4.69, 9.17) is 0 Å². The number of amides is 3. The predicted molar refractivity (Wildman–Crippen MR) is 134 cm³/mol. The van der Waals surface area contributed by atoms with Crippen LogP contribution in [-0.4, -0.2) is 59.5 Å². The molecule has 2 atom stereocenters. The van der Waals surface area contributed by atoms with Gasteiger partial charge in [-0.2, -0.15) is 8.78 Å². The smallest absolute Gasteiger partial charge is 0.342 e. The Bertz CT molecular complexity index is 1300. The third-order valence-electron chi connectivity index (χ3n) is 7.39. The molecule has 2 aromatic rings. The van der Waals surface area contributed by atoms with Crippen LogP contribution in [0.25, 0.3) is 0 Å². The van der Waals surface area contributed by atoms with Crippen LogP contribution < -0.4 is 5.32 Å². The third kappa shape index (κ3) is 5.97. The highest BCUT2D eigenvalue weighted by Crippen LogP contribution is 2.38. The van der Waals surface area contributed by atoms with Gasteiger partial charge in [0.1, 0.15) is 17.4 Å². The molecule has 0 aromatic heterocycles. The maximum Gasteiger partial charge on any atom is 0.352 e. The fraction of sp³-hybridized carbons (Fsp3) is 0.429. The molecule has 2 unspecified atom stereocenters. The first-order valence-electron chi connectivity index (χ1n) is 12.7. The maximum atomic E-state index is 15.3. The van der Waals surface area contributed by atoms with Crippen LogP contribution in [-0.2, 0) is 20.3 Å². The van der Waals surface area contributed by atoms with E-state index < -0.39 is 34.9 Å². The van der Waals surface area contributed by atoms with Gasteiger partial charge in [0, 0.05) is 68.5 Å². The first kappa shape index (κ1) is 28.3. The Kier molecular flexibility index (Phi) is 8.08. The molecule has 0 bridgehead atoms. The molecule has 2 aromatic carbocycles. The molecule has 0 spiro atoms. The molecule has 0 aliphatic carbocycles. The van der Waals surface area contributed by atoms with Gasteiger partial charge in [-0.05, 0) is 48.9 Å². The third-order valence-corrected chi connectivity index (χ3v) is 7.39. The van der Waals surface area contributed by atoms with Gasteiger partial charge < -0.3 is 15.1 Å². The molecule has 2 aliphatic heterocycles. The van der Waals surface area contributed by atoms with Gasteiger partial charge in [-0.1, -0.05) is 6.92 Å². The second-order valence-corrected chi connectivity index (χ2v) is 10.1. The van der Waals surface area contributed by atoms with Crippen molar-refractivity contribution in [1.82, 2.24) is 9.80 Å². The number of rotatable bonds is 8. The molecule has 39 heavy (non-hydrogen) atoms. The monoisotopic (exact) mass is 547 g/mol. The van der Waals surface area contributed by atoms with E-state index in [1.165, 1.54) is 19.1 Å². The number of alkyl halides is 2. The van der Waals surface area contributed by atoms with E-state index in [0.29, 0.717) is 31.6 Å². The van der Waals surface area contributed by atoms with Gasteiger partial charge in [-0.3, -0.25) is 19.2 Å². The van der Waals surface area contributed by atoms with Gasteiger partial charge in [0.15, 0.2) is 0 Å². The lowest BCUT2D eigenvalue weighted by Gasteiger charge is -2.26. The molecule has 0 saturated carbocycles. The van der Waals surface area contributed by atoms with Crippen molar-refractivity contribution < 1.29 is 36.7 Å². The first-order chi connectivity index (χ1) is 18.4. The highest BCUT2D eigenvalue weighted by molar-refractivity contribution is 6.04. The fourth-order valence-electron chi connectivity index (χ4n) is 5.09. The molecule has 11 heteroatoms. The predicted octanol–water partition coefficient (Wildman–Crippen LogP) is 4.29. The molecule has 0 radical (unpaired) electrons. The van der Waals surface area contributed by atoms with Crippen LogP contribution in [0.5, 0.6) is 0 Å². The number of anilines is 1. The fourth-order valence-corrected chi connectivity index (χ4v) is 5.09. The highest BCUT2D eigenvalue weighted by Gasteiger charge is 2.51. The summed E-state index contributed by atoms with van der Waals surface area (Å²) in [4.78, 5) is 52.0. The molecule has 7 nitrogen and oxygen atoms in total. The highest BCUT2D eigenvalue weighted by atomic mass is 19.3. The normalized spacial score (nSPS) is 18.7. The molecule has 4 rings (SSSR count). The molecule has 2 saturated heterocycles. The molecule has 3 amide bonds. The van der Waals surface area contributed by atoms with Gasteiger partial charge in [0.2, 0.25) is 5.91 Å². The summed E-state index contributed by atoms with van der Waals surface area (Å²) >= 11 is 0. The average molecular weight is 548 g/mol. The van der Waals surface area contributed by atoms with E-state index in [1.807, 2.05) is 0 Å². The van der Waals surface area contributed by atoms with Crippen LogP contribution >= 0.6 is 0 Å². The number of hydrogen-bond donors (Lipinski definition) is 1. The summed E-state index contributed by atoms with van der Waals surface area (Å²) in [7, 11) is 0. The van der Waals surface area contributed by atoms with Crippen molar-refractivity contribution in [2.75, 3.05) is 31.5 Å². The largest absolute Gasteiger partial charge is 0.352 e. The number of carbonyl (C=O) groups is 4. The van der Waals surface area contributed by atoms with E-state index in [-0.39, 0.29) is 66.3 Å². The van der Waals surface area contributed by atoms with Crippen LogP contribution in [0.4, 0.5) is 23.2 Å². The number of Topliss-reactive ketones (excluding diaryl/α,β-unsaturated/α-hetero) is 1. The van der Waals surface area contributed by atoms with E-state index >= 15 is 8.78 Å². The minimum Gasteiger partial charge on any atom is -0.342 e. The van der Waals surface area contributed by atoms with Crippen LogP contribution in [0, 0.1) is 30.4 Å². The van der Waals surface area contributed by atoms with Crippen molar-refractivity contribution >= 4 is 29.2 Å². The summed E-state index contributed by atoms with van der Waals surface area (Å²) in [5, 5.41) is 2.45. The van der Waals surface area contributed by atoms with E-state index in [0.717, 1.165) is 17.0 Å². The number of nitrogens with one attached hydrogen (secondary N) is 1. The summed E-state index contributed by atoms with van der Waals surface area (Å²) in [6, 6.07) is 6.17. The van der Waals surface area contributed by atoms with Gasteiger partial charge in [0.25, 0.3) is 11.8 Å². The molecule has 2 heterocycles. The lowest BCUT2D eigenvalue weighted by atomic mass is 10.0. The zero-order valence-electron chi connectivity index (χ0n) is 21.6. The Morgan fingerprint density at radius 3 is 2.13 bits per heavy atom. The molecule has 2 fully saturated rings. The topological polar surface area (TPSA) is 86.8 Å². The number of hydrogen-bond acceptors (Lipinski definition) is 4. The number of carbonyl (C=O) groups excluding carboxylic acids is 4. The lowest BCUT2D eigenvalue weighted by molar-refractivity contribution is -0.158. The van der Waals surface area contributed by atoms with Crippen LogP contribution in [0.1, 0.15) is 47.7 Å². The van der Waals surface area contributed by atoms with Gasteiger partial charge in [-0.25, -0.2) is 8.78 Å². The van der Waals surface area contributed by atoms with Gasteiger partial charge in [0.05, 0.1) is 5.56 Å². The van der Waals surface area contributed by atoms with Crippen molar-refractivity contribution in [3.05, 3.63) is 64.7 Å². The van der Waals surface area contributed by atoms with Gasteiger partial charge >= 0.3 is 5.92 Å². The van der Waals surface area contributed by atoms with Crippen molar-refractivity contribution in [3.8, 4) is 0 Å². The standard InChI is InChI=1S/C28H29F4N3O4/c1-3-21(36)6-9-25(37)34-12-18-14-35(15-19(18)13-34)27(39)28(31,32)22-11-17(4-7-24(22)30)26(38)33-20-5-8-23(29)16(2)10-20/h4-5,7-8,10-11,18-19H,3,6,9,12-15H2,1-2H3,(H,33,38). The summed E-state index contributed by atoms with van der Waals surface area (Å²) < 4.78 is 58.7. The molecule has 208 valence electrons. The Morgan fingerprint density at radius 2 is 1.51 bits per heavy atom. The number of ketones is 1. The Labute approximate surface area is 223 Å². The summed E-state index contributed by atoms with van der Waals surface area (Å²) in [5.41, 5.74) is -1.03. The minimum absolute atomic E-state index is 0.0114. The van der Waals surface area contributed by atoms with Crippen molar-refractivity contribution in [2.24, 2.45) is 11.8 Å². The zero-order chi connectivity index (χ0) is 28.5. The van der Waals surface area contributed by atoms with Crippen LogP contribution in [0.2, 0.25) is 0 Å². The van der Waals surface area contributed by atoms with Crippen molar-refractivity contribution in [2.45, 2.75) is 39.0 Å². The molecule has 1 N–H and O–H groups in total. The molecule has 2 aliphatic rings. The SMILES string of the molecule is CCC(=O)CCC(=O)N1CC2CN(C(=O)C(F)(F)c3cc(C(=O)Nc4ccc(F)c(C)c4)ccc3F)CC2C1. The van der Waals surface area contributed by atoms with Crippen molar-refractivity contribution in [1.29, 1.82) is 0 Å². The summed E-state index contributed by atoms with van der Waals surface area (Å²) in [5.74, 6) is -9.04. The second-order valence-electron chi connectivity index (χ2n) is 10.1. The van der Waals surface area contributed by atoms with E-state index in [2.05, 4.69) is 5.32 Å². The number of benzene rings is 2. The van der Waals surface area contributed by atoms with E-state index in [9.17, 15) is 28.0 Å². The molecular weight excluding hydrogens is 518 g/mol. The molecular formula is C28H29F4N3O4.